The Kier molecular flexibility index (Phi) is 6.36. The smallest absolute Gasteiger partial charge is 0.121 e. The van der Waals surface area contributed by atoms with Crippen LogP contribution in [-0.2, 0) is 20.1 Å². The fourth-order valence-electron chi connectivity index (χ4n) is 5.20. The number of fused-ring (bicyclic) bond motifs is 4. The Labute approximate surface area is 225 Å². The molecule has 2 heterocycles. The molecule has 4 aromatic carbocycles. The van der Waals surface area contributed by atoms with Gasteiger partial charge < -0.3 is 8.98 Å². The topological polar surface area (TPSA) is 31.0 Å². The fourth-order valence-corrected chi connectivity index (χ4v) is 5.20. The summed E-state index contributed by atoms with van der Waals surface area (Å²) in [6.07, 6.45) is 0. The summed E-state index contributed by atoms with van der Waals surface area (Å²) in [5, 5.41) is 2.21. The third-order valence-corrected chi connectivity index (χ3v) is 6.94. The van der Waals surface area contributed by atoms with E-state index in [1.54, 1.807) is 0 Å². The van der Waals surface area contributed by atoms with Crippen LogP contribution in [0.5, 0.6) is 0 Å². The van der Waals surface area contributed by atoms with Crippen LogP contribution in [0, 0.1) is 13.0 Å². The molecule has 183 valence electrons. The maximum atomic E-state index is 6.48. The van der Waals surface area contributed by atoms with Crippen LogP contribution in [0.3, 0.4) is 0 Å². The molecule has 0 N–H and O–H groups in total. The predicted octanol–water partition coefficient (Wildman–Crippen LogP) is 8.94. The number of hydrogen-bond donors (Lipinski definition) is 0. The second kappa shape index (κ2) is 9.35. The first-order valence-electron chi connectivity index (χ1n) is 12.4. The van der Waals surface area contributed by atoms with Gasteiger partial charge in [-0.3, -0.25) is 4.98 Å². The number of aromatic nitrogens is 2. The molecule has 3 nitrogen and oxygen atoms in total. The van der Waals surface area contributed by atoms with Crippen molar-refractivity contribution in [2.75, 3.05) is 0 Å². The first-order valence-corrected chi connectivity index (χ1v) is 12.4. The first-order chi connectivity index (χ1) is 16.9. The van der Waals surface area contributed by atoms with Crippen LogP contribution in [0.2, 0.25) is 0 Å². The normalized spacial score (nSPS) is 11.8. The van der Waals surface area contributed by atoms with E-state index in [0.717, 1.165) is 44.4 Å². The summed E-state index contributed by atoms with van der Waals surface area (Å²) in [7, 11) is 0. The molecule has 4 heteroatoms. The number of imidazole rings is 1. The summed E-state index contributed by atoms with van der Waals surface area (Å²) in [6.45, 7) is 11.1. The van der Waals surface area contributed by atoms with Gasteiger partial charge in [0.1, 0.15) is 5.58 Å². The molecule has 0 aliphatic heterocycles. The molecule has 0 atom stereocenters. The largest absolute Gasteiger partial charge is 0.501 e. The molecule has 2 aromatic heterocycles. The number of benzene rings is 4. The van der Waals surface area contributed by atoms with Crippen LogP contribution >= 0.6 is 0 Å². The number of furan rings is 1. The van der Waals surface area contributed by atoms with E-state index >= 15 is 0 Å². The van der Waals surface area contributed by atoms with E-state index in [1.807, 2.05) is 6.07 Å². The van der Waals surface area contributed by atoms with Crippen molar-refractivity contribution in [1.29, 1.82) is 0 Å². The number of aryl methyl sites for hydroxylation is 1. The van der Waals surface area contributed by atoms with E-state index in [-0.39, 0.29) is 20.1 Å². The Morgan fingerprint density at radius 3 is 2.28 bits per heavy atom. The standard InChI is InChI=1S/C32H29N2O.Ir/c1-19(2)22-10-8-11-23(20(3)4)30(22)34-28-15-7-6-14-27(28)33-32(34)26-13-9-12-25-24-17-16-21(5)18-29(24)35-31(25)26;/h6-12,14-20H,1-5H3;/q-1;. The second-order valence-electron chi connectivity index (χ2n) is 10.1. The van der Waals surface area contributed by atoms with Gasteiger partial charge in [0, 0.05) is 31.2 Å². The van der Waals surface area contributed by atoms with Crippen LogP contribution in [-0.4, -0.2) is 9.55 Å². The molecule has 0 unspecified atom stereocenters. The Hall–Kier alpha value is -3.20. The molecule has 0 fully saturated rings. The third-order valence-electron chi connectivity index (χ3n) is 6.94. The average molecular weight is 650 g/mol. The zero-order valence-corrected chi connectivity index (χ0v) is 23.6. The van der Waals surface area contributed by atoms with Crippen molar-refractivity contribution in [3.63, 3.8) is 0 Å². The number of nitrogens with zero attached hydrogens (tertiary/aromatic N) is 2. The summed E-state index contributed by atoms with van der Waals surface area (Å²) in [6, 6.07) is 29.0. The number of hydrogen-bond acceptors (Lipinski definition) is 2. The van der Waals surface area contributed by atoms with E-state index < -0.39 is 0 Å². The van der Waals surface area contributed by atoms with Crippen molar-refractivity contribution in [2.45, 2.75) is 46.5 Å². The van der Waals surface area contributed by atoms with Crippen LogP contribution in [0.25, 0.3) is 50.0 Å². The molecular formula is C32H29IrN2O-. The molecule has 0 spiro atoms. The van der Waals surface area contributed by atoms with Crippen molar-refractivity contribution >= 4 is 33.0 Å². The summed E-state index contributed by atoms with van der Waals surface area (Å²) in [4.78, 5) is 5.17. The molecular weight excluding hydrogens is 621 g/mol. The minimum Gasteiger partial charge on any atom is -0.501 e. The molecule has 1 radical (unpaired) electrons. The molecule has 6 aromatic rings. The Morgan fingerprint density at radius 2 is 1.56 bits per heavy atom. The predicted molar refractivity (Wildman–Crippen MR) is 146 cm³/mol. The van der Waals surface area contributed by atoms with E-state index in [9.17, 15) is 0 Å². The van der Waals surface area contributed by atoms with Gasteiger partial charge in [0.2, 0.25) is 0 Å². The average Bonchev–Trinajstić information content (AvgIpc) is 3.41. The molecule has 0 saturated heterocycles. The molecule has 36 heavy (non-hydrogen) atoms. The van der Waals surface area contributed by atoms with E-state index in [1.165, 1.54) is 22.4 Å². The zero-order valence-electron chi connectivity index (χ0n) is 21.2. The minimum absolute atomic E-state index is 0. The summed E-state index contributed by atoms with van der Waals surface area (Å²) in [5.74, 6) is 1.60. The van der Waals surface area contributed by atoms with Gasteiger partial charge in [-0.25, -0.2) is 0 Å². The van der Waals surface area contributed by atoms with Crippen molar-refractivity contribution in [2.24, 2.45) is 0 Å². The molecule has 0 aliphatic carbocycles. The zero-order chi connectivity index (χ0) is 24.3. The monoisotopic (exact) mass is 650 g/mol. The maximum absolute atomic E-state index is 6.48. The van der Waals surface area contributed by atoms with Gasteiger partial charge in [0.25, 0.3) is 0 Å². The third kappa shape index (κ3) is 3.80. The summed E-state index contributed by atoms with van der Waals surface area (Å²) in [5.41, 5.74) is 9.71. The molecule has 6 rings (SSSR count). The van der Waals surface area contributed by atoms with Gasteiger partial charge in [-0.2, -0.15) is 0 Å². The summed E-state index contributed by atoms with van der Waals surface area (Å²) < 4.78 is 8.81. The van der Waals surface area contributed by atoms with Gasteiger partial charge in [0.05, 0.1) is 22.4 Å². The fraction of sp³-hybridized carbons (Fsp3) is 0.219. The van der Waals surface area contributed by atoms with E-state index in [0.29, 0.717) is 11.8 Å². The Balaban J connectivity index is 0.00000267. The van der Waals surface area contributed by atoms with Crippen molar-refractivity contribution in [3.05, 3.63) is 95.6 Å². The van der Waals surface area contributed by atoms with Crippen LogP contribution in [0.15, 0.2) is 77.2 Å². The van der Waals surface area contributed by atoms with Gasteiger partial charge in [-0.15, -0.1) is 18.2 Å². The first kappa shape index (κ1) is 24.5. The molecule has 0 amide bonds. The van der Waals surface area contributed by atoms with Gasteiger partial charge in [-0.05, 0) is 53.6 Å². The van der Waals surface area contributed by atoms with Gasteiger partial charge in [-0.1, -0.05) is 81.1 Å². The Bertz CT molecular complexity index is 1700. The Morgan fingerprint density at radius 1 is 0.833 bits per heavy atom. The van der Waals surface area contributed by atoms with E-state index in [2.05, 4.69) is 112 Å². The van der Waals surface area contributed by atoms with Gasteiger partial charge >= 0.3 is 0 Å². The van der Waals surface area contributed by atoms with Crippen molar-refractivity contribution < 1.29 is 24.5 Å². The molecule has 0 saturated carbocycles. The maximum Gasteiger partial charge on any atom is 0.121 e. The van der Waals surface area contributed by atoms with Crippen molar-refractivity contribution in [1.82, 2.24) is 9.55 Å². The van der Waals surface area contributed by atoms with Crippen molar-refractivity contribution in [3.8, 4) is 17.1 Å². The van der Waals surface area contributed by atoms with Crippen LogP contribution in [0.4, 0.5) is 0 Å². The second-order valence-corrected chi connectivity index (χ2v) is 10.1. The number of para-hydroxylation sites is 3. The van der Waals surface area contributed by atoms with E-state index in [4.69, 9.17) is 9.40 Å². The van der Waals surface area contributed by atoms with Crippen LogP contribution in [0.1, 0.15) is 56.2 Å². The molecule has 0 bridgehead atoms. The van der Waals surface area contributed by atoms with Gasteiger partial charge in [0.15, 0.2) is 0 Å². The van der Waals surface area contributed by atoms with Crippen LogP contribution < -0.4 is 0 Å². The number of rotatable bonds is 4. The minimum atomic E-state index is 0. The molecule has 0 aliphatic rings. The summed E-state index contributed by atoms with van der Waals surface area (Å²) >= 11 is 0. The SMILES string of the molecule is Cc1ccc2c(c1)oc1c(-c3nc4ccccc4n3-c3c(C(C)C)cccc3C(C)C)[c-]ccc12.[Ir]. The quantitative estimate of drug-likeness (QED) is 0.179.